The first kappa shape index (κ1) is 53.1. The fraction of sp³-hybridized carbons (Fsp3) is 0.893. The number of carbonyl (C=O) groups excluding carboxylic acids is 4. The largest absolute Gasteiger partial charge is 0.508 e. The third-order valence-electron chi connectivity index (χ3n) is 17.8. The molecule has 0 spiro atoms. The third kappa shape index (κ3) is 16.2. The van der Waals surface area contributed by atoms with E-state index in [1.165, 1.54) is 96.8 Å². The summed E-state index contributed by atoms with van der Waals surface area (Å²) in [6, 6.07) is 2.35. The fourth-order valence-corrected chi connectivity index (χ4v) is 13.7. The van der Waals surface area contributed by atoms with Gasteiger partial charge in [-0.1, -0.05) is 25.5 Å². The van der Waals surface area contributed by atoms with Crippen LogP contribution in [0.5, 0.6) is 0 Å². The van der Waals surface area contributed by atoms with Crippen molar-refractivity contribution >= 4 is 24.1 Å². The highest BCUT2D eigenvalue weighted by Crippen LogP contribution is 2.44. The van der Waals surface area contributed by atoms with Crippen LogP contribution < -0.4 is 0 Å². The van der Waals surface area contributed by atoms with E-state index < -0.39 is 6.16 Å². The Hall–Kier alpha value is -2.70. The normalized spacial score (nSPS) is 36.3. The molecule has 7 aliphatic carbocycles. The predicted octanol–water partition coefficient (Wildman–Crippen LogP) is 11.6. The van der Waals surface area contributed by atoms with Crippen molar-refractivity contribution in [3.63, 3.8) is 0 Å². The number of allylic oxidation sites excluding steroid dienone is 2. The van der Waals surface area contributed by atoms with Gasteiger partial charge < -0.3 is 33.2 Å². The van der Waals surface area contributed by atoms with Gasteiger partial charge in [-0.3, -0.25) is 19.3 Å². The Morgan fingerprint density at radius 1 is 0.441 bits per heavy atom. The van der Waals surface area contributed by atoms with Crippen LogP contribution in [0.1, 0.15) is 201 Å². The molecule has 7 saturated carbocycles. The summed E-state index contributed by atoms with van der Waals surface area (Å²) in [6.07, 6.45) is 32.3. The van der Waals surface area contributed by atoms with Crippen molar-refractivity contribution in [3.8, 4) is 0 Å². The summed E-state index contributed by atoms with van der Waals surface area (Å²) in [5.74, 6) is 2.45. The molecule has 0 saturated heterocycles. The van der Waals surface area contributed by atoms with Crippen LogP contribution in [-0.2, 0) is 47.5 Å². The zero-order valence-electron chi connectivity index (χ0n) is 42.7. The summed E-state index contributed by atoms with van der Waals surface area (Å²) in [5, 5.41) is 0. The molecule has 68 heavy (non-hydrogen) atoms. The van der Waals surface area contributed by atoms with Crippen molar-refractivity contribution in [2.75, 3.05) is 33.5 Å². The van der Waals surface area contributed by atoms with Crippen LogP contribution in [0.2, 0.25) is 0 Å². The number of hydrogen-bond acceptors (Lipinski definition) is 12. The first-order valence-corrected chi connectivity index (χ1v) is 28.0. The van der Waals surface area contributed by atoms with Gasteiger partial charge in [0.1, 0.15) is 31.5 Å². The van der Waals surface area contributed by atoms with Crippen molar-refractivity contribution in [3.05, 3.63) is 11.6 Å². The molecule has 0 heterocycles. The van der Waals surface area contributed by atoms with Crippen molar-refractivity contribution in [2.45, 2.75) is 243 Å². The summed E-state index contributed by atoms with van der Waals surface area (Å²) in [6.45, 7) is 7.03. The molecule has 0 unspecified atom stereocenters. The second-order valence-electron chi connectivity index (χ2n) is 22.7. The molecular weight excluding hydrogens is 863 g/mol. The van der Waals surface area contributed by atoms with Crippen molar-refractivity contribution in [1.82, 2.24) is 4.90 Å². The summed E-state index contributed by atoms with van der Waals surface area (Å²) in [4.78, 5) is 52.5. The van der Waals surface area contributed by atoms with Crippen LogP contribution in [0.25, 0.3) is 0 Å². The van der Waals surface area contributed by atoms with E-state index in [1.807, 2.05) is 7.11 Å². The standard InChI is InChI=1S/C56H91NO11/c1-38-5-19-46(20-6-38)57(47-21-7-39(2)8-22-47)48-23-9-41(10-24-48)37-53(42-11-25-49(62-4)26-12-42)43-13-27-51(28-14-43)67-56(61)68-52-31-17-45(18-32-52)55(60)65-36-34-63-33-35-64-54(59)44-15-29-50(30-16-44)66-40(3)58/h37-39,41-52H,5-36H2,1-4H3/b53-37+. The maximum atomic E-state index is 13.1. The van der Waals surface area contributed by atoms with Crippen LogP contribution in [0, 0.1) is 41.4 Å². The van der Waals surface area contributed by atoms with Gasteiger partial charge in [0.2, 0.25) is 0 Å². The lowest BCUT2D eigenvalue weighted by Gasteiger charge is -2.49. The van der Waals surface area contributed by atoms with Crippen LogP contribution in [-0.4, -0.2) is 105 Å². The number of carbonyl (C=O) groups is 4. The van der Waals surface area contributed by atoms with Crippen molar-refractivity contribution < 1.29 is 52.3 Å². The number of esters is 3. The lowest BCUT2D eigenvalue weighted by molar-refractivity contribution is -0.154. The Balaban J connectivity index is 0.788. The highest BCUT2D eigenvalue weighted by atomic mass is 16.7. The Kier molecular flexibility index (Phi) is 21.3. The van der Waals surface area contributed by atoms with Gasteiger partial charge in [-0.15, -0.1) is 0 Å². The van der Waals surface area contributed by atoms with E-state index in [0.29, 0.717) is 75.2 Å². The molecule has 0 atom stereocenters. The minimum absolute atomic E-state index is 0.114. The number of rotatable bonds is 18. The van der Waals surface area contributed by atoms with Gasteiger partial charge in [-0.25, -0.2) is 4.79 Å². The minimum atomic E-state index is -0.570. The van der Waals surface area contributed by atoms with E-state index in [4.69, 9.17) is 33.2 Å². The van der Waals surface area contributed by atoms with Gasteiger partial charge >= 0.3 is 24.1 Å². The molecule has 0 aromatic heterocycles. The van der Waals surface area contributed by atoms with E-state index in [2.05, 4.69) is 24.8 Å². The lowest BCUT2D eigenvalue weighted by Crippen LogP contribution is -2.52. The topological polar surface area (TPSA) is 136 Å². The summed E-state index contributed by atoms with van der Waals surface area (Å²) < 4.78 is 39.2. The second-order valence-corrected chi connectivity index (χ2v) is 22.7. The van der Waals surface area contributed by atoms with Crippen LogP contribution >= 0.6 is 0 Å². The zero-order chi connectivity index (χ0) is 47.8. The molecule has 0 aromatic carbocycles. The molecule has 7 aliphatic rings. The quantitative estimate of drug-likeness (QED) is 0.0560. The maximum absolute atomic E-state index is 13.1. The highest BCUT2D eigenvalue weighted by Gasteiger charge is 2.39. The van der Waals surface area contributed by atoms with Gasteiger partial charge in [0.15, 0.2) is 0 Å². The number of methoxy groups -OCH3 is 1. The molecule has 0 aliphatic heterocycles. The smallest absolute Gasteiger partial charge is 0.463 e. The third-order valence-corrected chi connectivity index (χ3v) is 17.8. The first-order chi connectivity index (χ1) is 33.0. The minimum Gasteiger partial charge on any atom is -0.463 e. The number of hydrogen-bond donors (Lipinski definition) is 0. The van der Waals surface area contributed by atoms with E-state index in [0.717, 1.165) is 68.5 Å². The number of nitrogens with zero attached hydrogens (tertiary/aromatic N) is 1. The Morgan fingerprint density at radius 2 is 0.809 bits per heavy atom. The Morgan fingerprint density at radius 3 is 1.21 bits per heavy atom. The lowest BCUT2D eigenvalue weighted by atomic mass is 9.70. The maximum Gasteiger partial charge on any atom is 0.508 e. The van der Waals surface area contributed by atoms with Gasteiger partial charge in [0, 0.05) is 32.2 Å². The SMILES string of the molecule is COC1CCC(/C(=C\C2CCC(N(C3CCC(C)CC3)C3CCC(C)CC3)CC2)C2CCC(OC(=O)OC3CCC(C(=O)OCCOCCOC(=O)C4CCC(OC(C)=O)CC4)CC3)CC2)CC1. The van der Waals surface area contributed by atoms with E-state index in [9.17, 15) is 19.2 Å². The van der Waals surface area contributed by atoms with E-state index >= 15 is 0 Å². The molecule has 0 radical (unpaired) electrons. The Bertz CT molecular complexity index is 1540. The molecule has 7 fully saturated rings. The van der Waals surface area contributed by atoms with E-state index in [-0.39, 0.29) is 74.5 Å². The molecule has 12 nitrogen and oxygen atoms in total. The summed E-state index contributed by atoms with van der Waals surface area (Å²) in [7, 11) is 1.87. The predicted molar refractivity (Wildman–Crippen MR) is 261 cm³/mol. The van der Waals surface area contributed by atoms with Crippen LogP contribution in [0.15, 0.2) is 11.6 Å². The second kappa shape index (κ2) is 27.2. The summed E-state index contributed by atoms with van der Waals surface area (Å²) >= 11 is 0. The molecule has 0 amide bonds. The van der Waals surface area contributed by atoms with Crippen LogP contribution in [0.3, 0.4) is 0 Å². The fourth-order valence-electron chi connectivity index (χ4n) is 13.7. The molecule has 0 N–H and O–H groups in total. The van der Waals surface area contributed by atoms with Gasteiger partial charge in [0.25, 0.3) is 0 Å². The monoisotopic (exact) mass is 954 g/mol. The number of ether oxygens (including phenoxy) is 7. The highest BCUT2D eigenvalue weighted by molar-refractivity contribution is 5.73. The first-order valence-electron chi connectivity index (χ1n) is 28.0. The van der Waals surface area contributed by atoms with Gasteiger partial charge in [-0.2, -0.15) is 0 Å². The van der Waals surface area contributed by atoms with Gasteiger partial charge in [-0.05, 0) is 209 Å². The van der Waals surface area contributed by atoms with Crippen molar-refractivity contribution in [1.29, 1.82) is 0 Å². The summed E-state index contributed by atoms with van der Waals surface area (Å²) in [5.41, 5.74) is 1.72. The average Bonchev–Trinajstić information content (AvgIpc) is 3.35. The molecular formula is C56H91NO11. The van der Waals surface area contributed by atoms with Crippen molar-refractivity contribution in [2.24, 2.45) is 41.4 Å². The van der Waals surface area contributed by atoms with Crippen LogP contribution in [0.4, 0.5) is 4.79 Å². The molecule has 0 bridgehead atoms. The molecule has 0 aromatic rings. The van der Waals surface area contributed by atoms with E-state index in [1.54, 1.807) is 5.57 Å². The van der Waals surface area contributed by atoms with Gasteiger partial charge in [0.05, 0.1) is 31.2 Å². The molecule has 7 rings (SSSR count). The average molecular weight is 954 g/mol. The molecule has 12 heteroatoms. The zero-order valence-corrected chi connectivity index (χ0v) is 42.7. The Labute approximate surface area is 409 Å². The molecule has 386 valence electrons.